The van der Waals surface area contributed by atoms with Crippen molar-refractivity contribution >= 4 is 29.7 Å². The minimum atomic E-state index is 0. The smallest absolute Gasteiger partial charge is 0.265 e. The number of amides is 1. The molecule has 1 saturated heterocycles. The molecule has 2 N–H and O–H groups in total. The van der Waals surface area contributed by atoms with Gasteiger partial charge in [-0.05, 0) is 31.6 Å². The van der Waals surface area contributed by atoms with E-state index in [-0.39, 0.29) is 24.4 Å². The van der Waals surface area contributed by atoms with Crippen molar-refractivity contribution in [2.24, 2.45) is 17.6 Å². The summed E-state index contributed by atoms with van der Waals surface area (Å²) < 4.78 is 0. The number of rotatable bonds is 2. The van der Waals surface area contributed by atoms with Gasteiger partial charge in [0.15, 0.2) is 0 Å². The van der Waals surface area contributed by atoms with E-state index in [9.17, 15) is 4.79 Å². The van der Waals surface area contributed by atoms with Gasteiger partial charge in [-0.3, -0.25) is 4.79 Å². The van der Waals surface area contributed by atoms with Crippen molar-refractivity contribution in [2.75, 3.05) is 13.1 Å². The Labute approximate surface area is 152 Å². The van der Waals surface area contributed by atoms with E-state index in [0.717, 1.165) is 47.1 Å². The molecule has 4 nitrogen and oxygen atoms in total. The van der Waals surface area contributed by atoms with Crippen LogP contribution in [0.5, 0.6) is 0 Å². The largest absolute Gasteiger partial charge is 0.337 e. The number of nitrogens with zero attached hydrogens (tertiary/aromatic N) is 2. The van der Waals surface area contributed by atoms with Crippen LogP contribution in [-0.2, 0) is 0 Å². The molecule has 2 fully saturated rings. The fourth-order valence-corrected chi connectivity index (χ4v) is 4.96. The number of nitrogens with two attached hydrogens (primary N) is 1. The summed E-state index contributed by atoms with van der Waals surface area (Å²) in [4.78, 5) is 20.3. The first kappa shape index (κ1) is 17.4. The Hall–Kier alpha value is -1.43. The third-order valence-electron chi connectivity index (χ3n) is 5.21. The topological polar surface area (TPSA) is 59.2 Å². The van der Waals surface area contributed by atoms with Crippen LogP contribution < -0.4 is 5.73 Å². The fraction of sp³-hybridized carbons (Fsp3) is 0.444. The molecule has 0 radical (unpaired) electrons. The van der Waals surface area contributed by atoms with E-state index < -0.39 is 0 Å². The van der Waals surface area contributed by atoms with Crippen molar-refractivity contribution < 1.29 is 4.79 Å². The zero-order chi connectivity index (χ0) is 16.0. The van der Waals surface area contributed by atoms with Gasteiger partial charge in [0.2, 0.25) is 0 Å². The van der Waals surface area contributed by atoms with E-state index in [2.05, 4.69) is 4.98 Å². The van der Waals surface area contributed by atoms with Crippen molar-refractivity contribution in [2.45, 2.75) is 25.8 Å². The number of hydrogen-bond acceptors (Lipinski definition) is 4. The zero-order valence-electron chi connectivity index (χ0n) is 13.6. The Balaban J connectivity index is 0.00000169. The van der Waals surface area contributed by atoms with Gasteiger partial charge in [-0.25, -0.2) is 4.98 Å². The molecule has 128 valence electrons. The molecule has 24 heavy (non-hydrogen) atoms. The molecule has 1 saturated carbocycles. The first-order valence-electron chi connectivity index (χ1n) is 8.21. The molecular formula is C18H22ClN3OS. The Morgan fingerprint density at radius 1 is 1.25 bits per heavy atom. The van der Waals surface area contributed by atoms with E-state index in [1.54, 1.807) is 0 Å². The third-order valence-corrected chi connectivity index (χ3v) is 6.41. The quantitative estimate of drug-likeness (QED) is 0.890. The van der Waals surface area contributed by atoms with Crippen LogP contribution in [0.1, 0.15) is 28.2 Å². The van der Waals surface area contributed by atoms with Gasteiger partial charge in [-0.2, -0.15) is 0 Å². The van der Waals surface area contributed by atoms with E-state index in [4.69, 9.17) is 5.73 Å². The summed E-state index contributed by atoms with van der Waals surface area (Å²) in [7, 11) is 0. The molecule has 2 aliphatic rings. The lowest BCUT2D eigenvalue weighted by Gasteiger charge is -2.18. The number of thiazole rings is 1. The van der Waals surface area contributed by atoms with E-state index >= 15 is 0 Å². The third kappa shape index (κ3) is 2.96. The van der Waals surface area contributed by atoms with Gasteiger partial charge < -0.3 is 10.6 Å². The van der Waals surface area contributed by atoms with Crippen LogP contribution in [0.15, 0.2) is 30.3 Å². The molecule has 1 amide bonds. The standard InChI is InChI=1S/C18H21N3OS.ClH/c1-11-16(23-17(20-11)12-5-3-2-4-6-12)18(22)21-9-13-7-8-15(19)14(13)10-21;/h2-6,13-15H,7-10,19H2,1H3;1H. The van der Waals surface area contributed by atoms with Gasteiger partial charge in [0, 0.05) is 24.7 Å². The number of halogens is 1. The second-order valence-electron chi connectivity index (χ2n) is 6.67. The van der Waals surface area contributed by atoms with Crippen LogP contribution in [0, 0.1) is 18.8 Å². The number of aromatic nitrogens is 1. The molecule has 0 spiro atoms. The normalized spacial score (nSPS) is 25.4. The van der Waals surface area contributed by atoms with Crippen LogP contribution in [-0.4, -0.2) is 34.9 Å². The van der Waals surface area contributed by atoms with Crippen molar-refractivity contribution in [1.82, 2.24) is 9.88 Å². The summed E-state index contributed by atoms with van der Waals surface area (Å²) in [6.45, 7) is 3.59. The maximum Gasteiger partial charge on any atom is 0.265 e. The molecule has 1 aromatic carbocycles. The maximum atomic E-state index is 12.9. The highest BCUT2D eigenvalue weighted by atomic mass is 35.5. The SMILES string of the molecule is Cc1nc(-c2ccccc2)sc1C(=O)N1CC2CCC(N)C2C1.Cl. The number of hydrogen-bond donors (Lipinski definition) is 1. The Morgan fingerprint density at radius 2 is 2.00 bits per heavy atom. The summed E-state index contributed by atoms with van der Waals surface area (Å²) in [6, 6.07) is 10.3. The highest BCUT2D eigenvalue weighted by molar-refractivity contribution is 7.17. The highest BCUT2D eigenvalue weighted by Gasteiger charge is 2.43. The predicted molar refractivity (Wildman–Crippen MR) is 99.6 cm³/mol. The lowest BCUT2D eigenvalue weighted by Crippen LogP contribution is -2.33. The van der Waals surface area contributed by atoms with Gasteiger partial charge in [0.05, 0.1) is 5.69 Å². The molecule has 6 heteroatoms. The predicted octanol–water partition coefficient (Wildman–Crippen LogP) is 3.35. The Bertz CT molecular complexity index is 733. The highest BCUT2D eigenvalue weighted by Crippen LogP contribution is 2.38. The number of benzene rings is 1. The second kappa shape index (κ2) is 6.82. The second-order valence-corrected chi connectivity index (χ2v) is 7.67. The lowest BCUT2D eigenvalue weighted by molar-refractivity contribution is 0.0783. The summed E-state index contributed by atoms with van der Waals surface area (Å²) >= 11 is 1.50. The minimum Gasteiger partial charge on any atom is -0.337 e. The molecule has 2 heterocycles. The van der Waals surface area contributed by atoms with E-state index in [1.165, 1.54) is 11.3 Å². The molecular weight excluding hydrogens is 342 g/mol. The first-order valence-corrected chi connectivity index (χ1v) is 9.03. The van der Waals surface area contributed by atoms with Crippen LogP contribution in [0.25, 0.3) is 10.6 Å². The number of likely N-dealkylation sites (tertiary alicyclic amines) is 1. The lowest BCUT2D eigenvalue weighted by atomic mass is 9.98. The van der Waals surface area contributed by atoms with Gasteiger partial charge in [0.1, 0.15) is 9.88 Å². The van der Waals surface area contributed by atoms with E-state index in [1.807, 2.05) is 42.2 Å². The summed E-state index contributed by atoms with van der Waals surface area (Å²) in [5, 5.41) is 0.919. The van der Waals surface area contributed by atoms with E-state index in [0.29, 0.717) is 11.8 Å². The summed E-state index contributed by atoms with van der Waals surface area (Å²) in [5.74, 6) is 1.21. The van der Waals surface area contributed by atoms with Gasteiger partial charge in [0.25, 0.3) is 5.91 Å². The first-order chi connectivity index (χ1) is 11.1. The average molecular weight is 364 g/mol. The van der Waals surface area contributed by atoms with Crippen LogP contribution in [0.3, 0.4) is 0 Å². The number of aryl methyl sites for hydroxylation is 1. The monoisotopic (exact) mass is 363 g/mol. The molecule has 3 atom stereocenters. The summed E-state index contributed by atoms with van der Waals surface area (Å²) in [6.07, 6.45) is 2.27. The maximum absolute atomic E-state index is 12.9. The average Bonchev–Trinajstić information content (AvgIpc) is 3.24. The van der Waals surface area contributed by atoms with Gasteiger partial charge in [-0.1, -0.05) is 30.3 Å². The van der Waals surface area contributed by atoms with Crippen molar-refractivity contribution in [1.29, 1.82) is 0 Å². The van der Waals surface area contributed by atoms with Crippen molar-refractivity contribution in [3.05, 3.63) is 40.9 Å². The molecule has 4 rings (SSSR count). The van der Waals surface area contributed by atoms with Crippen molar-refractivity contribution in [3.63, 3.8) is 0 Å². The molecule has 2 aromatic rings. The Morgan fingerprint density at radius 3 is 2.71 bits per heavy atom. The number of fused-ring (bicyclic) bond motifs is 1. The zero-order valence-corrected chi connectivity index (χ0v) is 15.3. The van der Waals surface area contributed by atoms with Gasteiger partial charge in [-0.15, -0.1) is 23.7 Å². The molecule has 0 bridgehead atoms. The molecule has 1 aromatic heterocycles. The van der Waals surface area contributed by atoms with Crippen LogP contribution >= 0.6 is 23.7 Å². The molecule has 3 unspecified atom stereocenters. The number of carbonyl (C=O) groups excluding carboxylic acids is 1. The molecule has 1 aliphatic carbocycles. The number of carbonyl (C=O) groups is 1. The van der Waals surface area contributed by atoms with Crippen LogP contribution in [0.4, 0.5) is 0 Å². The van der Waals surface area contributed by atoms with Crippen LogP contribution in [0.2, 0.25) is 0 Å². The Kier molecular flexibility index (Phi) is 4.95. The molecule has 1 aliphatic heterocycles. The van der Waals surface area contributed by atoms with Crippen molar-refractivity contribution in [3.8, 4) is 10.6 Å². The summed E-state index contributed by atoms with van der Waals surface area (Å²) in [5.41, 5.74) is 8.09. The van der Waals surface area contributed by atoms with Gasteiger partial charge >= 0.3 is 0 Å². The fourth-order valence-electron chi connectivity index (χ4n) is 3.92. The minimum absolute atomic E-state index is 0.